The summed E-state index contributed by atoms with van der Waals surface area (Å²) in [7, 11) is -3.13. The number of rotatable bonds is 2. The first-order valence-corrected chi connectivity index (χ1v) is 11.5. The number of carbonyl (C=O) groups is 3. The van der Waals surface area contributed by atoms with Crippen LogP contribution in [0.25, 0.3) is 0 Å². The number of hydrogen-bond donors (Lipinski definition) is 0. The maximum atomic E-state index is 12.9. The van der Waals surface area contributed by atoms with Crippen molar-refractivity contribution in [3.63, 3.8) is 0 Å². The summed E-state index contributed by atoms with van der Waals surface area (Å²) in [5.74, 6) is -0.965. The van der Waals surface area contributed by atoms with Gasteiger partial charge in [-0.1, -0.05) is 23.7 Å². The summed E-state index contributed by atoms with van der Waals surface area (Å²) in [6.45, 7) is 0.665. The fourth-order valence-electron chi connectivity index (χ4n) is 3.96. The van der Waals surface area contributed by atoms with Gasteiger partial charge in [0.05, 0.1) is 15.8 Å². The number of amides is 1. The zero-order chi connectivity index (χ0) is 20.9. The van der Waals surface area contributed by atoms with Crippen LogP contribution in [-0.4, -0.2) is 55.4 Å². The number of nitrogens with zero attached hydrogens (tertiary/aromatic N) is 1. The van der Waals surface area contributed by atoms with Crippen molar-refractivity contribution in [2.75, 3.05) is 19.3 Å². The second-order valence-corrected chi connectivity index (χ2v) is 10.1. The third kappa shape index (κ3) is 3.38. The van der Waals surface area contributed by atoms with Crippen LogP contribution in [0.4, 0.5) is 0 Å². The third-order valence-electron chi connectivity index (χ3n) is 5.58. The van der Waals surface area contributed by atoms with Gasteiger partial charge in [-0.05, 0) is 37.1 Å². The highest BCUT2D eigenvalue weighted by atomic mass is 35.5. The quantitative estimate of drug-likeness (QED) is 0.622. The molecule has 2 aliphatic rings. The number of likely N-dealkylation sites (tertiary alicyclic amines) is 1. The summed E-state index contributed by atoms with van der Waals surface area (Å²) < 4.78 is 23.4. The van der Waals surface area contributed by atoms with E-state index in [0.717, 1.165) is 0 Å². The average molecular weight is 432 g/mol. The Morgan fingerprint density at radius 3 is 2.34 bits per heavy atom. The van der Waals surface area contributed by atoms with Crippen LogP contribution in [0.3, 0.4) is 0 Å². The molecule has 2 aromatic carbocycles. The highest BCUT2D eigenvalue weighted by Crippen LogP contribution is 2.32. The maximum Gasteiger partial charge on any atom is 0.253 e. The van der Waals surface area contributed by atoms with E-state index in [4.69, 9.17) is 11.6 Å². The molecule has 1 fully saturated rings. The van der Waals surface area contributed by atoms with Gasteiger partial charge in [0.2, 0.25) is 0 Å². The van der Waals surface area contributed by atoms with E-state index in [-0.39, 0.29) is 44.8 Å². The fourth-order valence-corrected chi connectivity index (χ4v) is 5.28. The zero-order valence-electron chi connectivity index (χ0n) is 15.6. The minimum atomic E-state index is -3.13. The number of piperidine rings is 1. The number of benzene rings is 2. The van der Waals surface area contributed by atoms with Gasteiger partial charge in [0.15, 0.2) is 11.6 Å². The smallest absolute Gasteiger partial charge is 0.253 e. The molecule has 1 heterocycles. The van der Waals surface area contributed by atoms with E-state index >= 15 is 0 Å². The molecule has 0 saturated carbocycles. The van der Waals surface area contributed by atoms with E-state index in [0.29, 0.717) is 31.5 Å². The van der Waals surface area contributed by atoms with E-state index in [2.05, 4.69) is 0 Å². The Morgan fingerprint density at radius 1 is 1.00 bits per heavy atom. The molecule has 1 aliphatic heterocycles. The van der Waals surface area contributed by atoms with Crippen molar-refractivity contribution in [3.05, 3.63) is 69.2 Å². The SMILES string of the molecule is CS(=O)(=O)C1CCN(C(=O)c2ccc3c(c2)C(=O)c2cccc(Cl)c2C3=O)CC1. The standard InChI is InChI=1S/C21H18ClNO5S/c1-29(27,28)13-7-9-23(10-8-13)21(26)12-5-6-14-16(11-12)19(24)15-3-2-4-17(22)18(15)20(14)25/h2-6,11,13H,7-10H2,1H3. The van der Waals surface area contributed by atoms with Gasteiger partial charge in [0, 0.05) is 41.6 Å². The van der Waals surface area contributed by atoms with E-state index in [1.807, 2.05) is 0 Å². The summed E-state index contributed by atoms with van der Waals surface area (Å²) in [6, 6.07) is 9.18. The van der Waals surface area contributed by atoms with Crippen LogP contribution in [0.1, 0.15) is 55.0 Å². The fraction of sp³-hybridized carbons (Fsp3) is 0.286. The third-order valence-corrected chi connectivity index (χ3v) is 7.57. The van der Waals surface area contributed by atoms with E-state index in [1.54, 1.807) is 23.1 Å². The molecule has 0 atom stereocenters. The molecule has 0 N–H and O–H groups in total. The molecule has 1 amide bonds. The number of ketones is 2. The lowest BCUT2D eigenvalue weighted by Gasteiger charge is -2.31. The molecular weight excluding hydrogens is 414 g/mol. The predicted octanol–water partition coefficient (Wildman–Crippen LogP) is 2.76. The lowest BCUT2D eigenvalue weighted by atomic mass is 9.83. The monoisotopic (exact) mass is 431 g/mol. The molecule has 1 aliphatic carbocycles. The first-order chi connectivity index (χ1) is 13.7. The second kappa shape index (κ2) is 7.07. The Kier molecular flexibility index (Phi) is 4.83. The van der Waals surface area contributed by atoms with Crippen molar-refractivity contribution in [2.45, 2.75) is 18.1 Å². The first-order valence-electron chi connectivity index (χ1n) is 9.18. The lowest BCUT2D eigenvalue weighted by molar-refractivity contribution is 0.0725. The number of carbonyl (C=O) groups excluding carboxylic acids is 3. The Balaban J connectivity index is 1.63. The van der Waals surface area contributed by atoms with Crippen molar-refractivity contribution in [1.29, 1.82) is 0 Å². The molecule has 0 bridgehead atoms. The molecule has 2 aromatic rings. The summed E-state index contributed by atoms with van der Waals surface area (Å²) in [5, 5.41) is -0.212. The average Bonchev–Trinajstić information content (AvgIpc) is 2.70. The van der Waals surface area contributed by atoms with Gasteiger partial charge in [-0.15, -0.1) is 0 Å². The molecule has 0 spiro atoms. The van der Waals surface area contributed by atoms with Crippen molar-refractivity contribution < 1.29 is 22.8 Å². The van der Waals surface area contributed by atoms with E-state index in [9.17, 15) is 22.8 Å². The molecule has 0 aromatic heterocycles. The van der Waals surface area contributed by atoms with E-state index < -0.39 is 15.1 Å². The summed E-state index contributed by atoms with van der Waals surface area (Å²) in [6.07, 6.45) is 1.99. The minimum Gasteiger partial charge on any atom is -0.339 e. The summed E-state index contributed by atoms with van der Waals surface area (Å²) in [5.41, 5.74) is 1.12. The van der Waals surface area contributed by atoms with Crippen LogP contribution in [0, 0.1) is 0 Å². The first kappa shape index (κ1) is 19.8. The Labute approximate surface area is 173 Å². The van der Waals surface area contributed by atoms with Crippen LogP contribution >= 0.6 is 11.6 Å². The topological polar surface area (TPSA) is 88.6 Å². The highest BCUT2D eigenvalue weighted by Gasteiger charge is 2.33. The van der Waals surface area contributed by atoms with Gasteiger partial charge in [0.1, 0.15) is 9.84 Å². The molecule has 8 heteroatoms. The maximum absolute atomic E-state index is 12.9. The number of halogens is 1. The van der Waals surface area contributed by atoms with Crippen molar-refractivity contribution in [3.8, 4) is 0 Å². The van der Waals surface area contributed by atoms with Gasteiger partial charge in [-0.25, -0.2) is 8.42 Å². The van der Waals surface area contributed by atoms with Crippen LogP contribution < -0.4 is 0 Å². The molecule has 6 nitrogen and oxygen atoms in total. The molecule has 0 radical (unpaired) electrons. The van der Waals surface area contributed by atoms with Crippen LogP contribution in [0.15, 0.2) is 36.4 Å². The molecule has 4 rings (SSSR count). The summed E-state index contributed by atoms with van der Waals surface area (Å²) in [4.78, 5) is 40.2. The van der Waals surface area contributed by atoms with Gasteiger partial charge in [0.25, 0.3) is 5.91 Å². The molecule has 29 heavy (non-hydrogen) atoms. The van der Waals surface area contributed by atoms with Crippen LogP contribution in [0.5, 0.6) is 0 Å². The zero-order valence-corrected chi connectivity index (χ0v) is 17.2. The normalized spacial score (nSPS) is 17.1. The second-order valence-electron chi connectivity index (χ2n) is 7.40. The van der Waals surface area contributed by atoms with Crippen molar-refractivity contribution in [1.82, 2.24) is 4.90 Å². The molecular formula is C21H18ClNO5S. The Hall–Kier alpha value is -2.51. The van der Waals surface area contributed by atoms with Gasteiger partial charge >= 0.3 is 0 Å². The van der Waals surface area contributed by atoms with Gasteiger partial charge in [-0.3, -0.25) is 14.4 Å². The van der Waals surface area contributed by atoms with Crippen molar-refractivity contribution >= 4 is 38.9 Å². The summed E-state index contributed by atoms with van der Waals surface area (Å²) >= 11 is 6.12. The van der Waals surface area contributed by atoms with Crippen molar-refractivity contribution in [2.24, 2.45) is 0 Å². The lowest BCUT2D eigenvalue weighted by Crippen LogP contribution is -2.42. The van der Waals surface area contributed by atoms with Crippen LogP contribution in [0.2, 0.25) is 5.02 Å². The minimum absolute atomic E-state index is 0.182. The van der Waals surface area contributed by atoms with Gasteiger partial charge < -0.3 is 4.90 Å². The number of fused-ring (bicyclic) bond motifs is 2. The molecule has 1 saturated heterocycles. The number of sulfone groups is 1. The highest BCUT2D eigenvalue weighted by molar-refractivity contribution is 7.91. The number of hydrogen-bond acceptors (Lipinski definition) is 5. The van der Waals surface area contributed by atoms with Crippen LogP contribution in [-0.2, 0) is 9.84 Å². The molecule has 0 unspecified atom stereocenters. The van der Waals surface area contributed by atoms with Gasteiger partial charge in [-0.2, -0.15) is 0 Å². The predicted molar refractivity (Wildman–Crippen MR) is 109 cm³/mol. The Bertz CT molecular complexity index is 1160. The molecule has 150 valence electrons. The largest absolute Gasteiger partial charge is 0.339 e. The van der Waals surface area contributed by atoms with E-state index in [1.165, 1.54) is 24.5 Å². The Morgan fingerprint density at radius 2 is 1.69 bits per heavy atom.